The van der Waals surface area contributed by atoms with Crippen LogP contribution in [-0.2, 0) is 14.3 Å². The van der Waals surface area contributed by atoms with Gasteiger partial charge in [-0.1, -0.05) is 43.1 Å². The number of esters is 1. The number of carbonyl (C=O) groups excluding carboxylic acids is 2. The fraction of sp³-hybridized carbons (Fsp3) is 0.500. The van der Waals surface area contributed by atoms with Crippen LogP contribution in [0.5, 0.6) is 0 Å². The number of benzene rings is 1. The molecule has 0 saturated carbocycles. The number of hydrogen-bond donors (Lipinski definition) is 0. The summed E-state index contributed by atoms with van der Waals surface area (Å²) in [4.78, 5) is 30.8. The number of ether oxygens (including phenoxy) is 1. The predicted molar refractivity (Wildman–Crippen MR) is 112 cm³/mol. The lowest BCUT2D eigenvalue weighted by Crippen LogP contribution is -2.40. The maximum atomic E-state index is 13.2. The fourth-order valence-corrected chi connectivity index (χ4v) is 4.67. The van der Waals surface area contributed by atoms with E-state index in [1.807, 2.05) is 6.92 Å². The van der Waals surface area contributed by atoms with E-state index in [1.165, 1.54) is 0 Å². The van der Waals surface area contributed by atoms with Gasteiger partial charge in [-0.05, 0) is 50.3 Å². The molecule has 1 aliphatic heterocycles. The Labute approximate surface area is 176 Å². The van der Waals surface area contributed by atoms with Gasteiger partial charge in [-0.25, -0.2) is 0 Å². The SMILES string of the molecule is CC1=NC2=C(C(=O)CC(C)(C)C2)[C@H](c2ccc(Cl)cc2Cl)C1C(=O)OC(C)C. The molecule has 0 N–H and O–H groups in total. The summed E-state index contributed by atoms with van der Waals surface area (Å²) in [6.07, 6.45) is 0.825. The molecule has 0 spiro atoms. The molecule has 3 rings (SSSR count). The highest BCUT2D eigenvalue weighted by atomic mass is 35.5. The van der Waals surface area contributed by atoms with Crippen LogP contribution in [0.15, 0.2) is 34.5 Å². The van der Waals surface area contributed by atoms with Gasteiger partial charge in [0.1, 0.15) is 5.92 Å². The van der Waals surface area contributed by atoms with Crippen molar-refractivity contribution in [2.45, 2.75) is 59.5 Å². The molecule has 6 heteroatoms. The molecule has 0 fully saturated rings. The number of rotatable bonds is 3. The van der Waals surface area contributed by atoms with Gasteiger partial charge < -0.3 is 4.74 Å². The number of hydrogen-bond acceptors (Lipinski definition) is 4. The summed E-state index contributed by atoms with van der Waals surface area (Å²) in [5.41, 5.74) is 2.51. The first-order chi connectivity index (χ1) is 13.0. The first-order valence-electron chi connectivity index (χ1n) is 9.47. The van der Waals surface area contributed by atoms with Gasteiger partial charge in [0.2, 0.25) is 0 Å². The first kappa shape index (κ1) is 21.1. The minimum Gasteiger partial charge on any atom is -0.462 e. The summed E-state index contributed by atoms with van der Waals surface area (Å²) < 4.78 is 5.51. The van der Waals surface area contributed by atoms with Crippen LogP contribution >= 0.6 is 23.2 Å². The van der Waals surface area contributed by atoms with Crippen LogP contribution in [0, 0.1) is 11.3 Å². The van der Waals surface area contributed by atoms with Crippen LogP contribution in [0.2, 0.25) is 10.0 Å². The van der Waals surface area contributed by atoms with E-state index in [0.29, 0.717) is 39.7 Å². The third kappa shape index (κ3) is 4.04. The summed E-state index contributed by atoms with van der Waals surface area (Å²) >= 11 is 12.6. The maximum absolute atomic E-state index is 13.2. The lowest BCUT2D eigenvalue weighted by molar-refractivity contribution is -0.150. The molecule has 0 bridgehead atoms. The minimum atomic E-state index is -0.690. The quantitative estimate of drug-likeness (QED) is 0.582. The average Bonchev–Trinajstić information content (AvgIpc) is 2.51. The molecule has 1 aromatic rings. The molecule has 0 aromatic heterocycles. The lowest BCUT2D eigenvalue weighted by Gasteiger charge is -2.39. The van der Waals surface area contributed by atoms with Gasteiger partial charge in [0, 0.05) is 39.4 Å². The number of ketones is 1. The van der Waals surface area contributed by atoms with Crippen molar-refractivity contribution in [1.82, 2.24) is 0 Å². The van der Waals surface area contributed by atoms with Gasteiger partial charge in [0.25, 0.3) is 0 Å². The summed E-state index contributed by atoms with van der Waals surface area (Å²) in [6, 6.07) is 5.16. The highest BCUT2D eigenvalue weighted by Crippen LogP contribution is 2.49. The summed E-state index contributed by atoms with van der Waals surface area (Å²) in [6.45, 7) is 9.54. The number of halogens is 2. The van der Waals surface area contributed by atoms with Crippen LogP contribution in [0.25, 0.3) is 0 Å². The first-order valence-corrected chi connectivity index (χ1v) is 10.2. The molecule has 0 radical (unpaired) electrons. The minimum absolute atomic E-state index is 0.0147. The molecule has 1 unspecified atom stereocenters. The molecule has 1 heterocycles. The fourth-order valence-electron chi connectivity index (χ4n) is 4.15. The normalized spacial score (nSPS) is 24.1. The molecule has 2 aliphatic rings. The van der Waals surface area contributed by atoms with E-state index in [-0.39, 0.29) is 17.3 Å². The zero-order valence-electron chi connectivity index (χ0n) is 16.8. The number of Topliss-reactive ketones (excluding diaryl/α,β-unsaturated/α-hetero) is 1. The number of carbonyl (C=O) groups is 2. The Bertz CT molecular complexity index is 899. The van der Waals surface area contributed by atoms with Crippen LogP contribution in [-0.4, -0.2) is 23.6 Å². The highest BCUT2D eigenvalue weighted by Gasteiger charge is 2.46. The Hall–Kier alpha value is -1.65. The topological polar surface area (TPSA) is 55.7 Å². The molecule has 28 heavy (non-hydrogen) atoms. The number of aliphatic imine (C=N–C) groups is 1. The monoisotopic (exact) mass is 421 g/mol. The molecule has 2 atom stereocenters. The third-order valence-corrected chi connectivity index (χ3v) is 5.77. The second kappa shape index (κ2) is 7.64. The van der Waals surface area contributed by atoms with Gasteiger partial charge in [-0.3, -0.25) is 14.6 Å². The van der Waals surface area contributed by atoms with E-state index in [1.54, 1.807) is 32.0 Å². The van der Waals surface area contributed by atoms with Gasteiger partial charge in [0.05, 0.1) is 6.10 Å². The smallest absolute Gasteiger partial charge is 0.315 e. The Morgan fingerprint density at radius 2 is 1.93 bits per heavy atom. The van der Waals surface area contributed by atoms with Crippen LogP contribution in [0.1, 0.15) is 58.9 Å². The van der Waals surface area contributed by atoms with Crippen molar-refractivity contribution in [3.63, 3.8) is 0 Å². The van der Waals surface area contributed by atoms with Gasteiger partial charge >= 0.3 is 5.97 Å². The molecule has 0 amide bonds. The molecular weight excluding hydrogens is 397 g/mol. The second-order valence-corrected chi connectivity index (χ2v) is 9.50. The summed E-state index contributed by atoms with van der Waals surface area (Å²) in [7, 11) is 0. The molecule has 4 nitrogen and oxygen atoms in total. The van der Waals surface area contributed by atoms with Gasteiger partial charge in [0.15, 0.2) is 5.78 Å². The van der Waals surface area contributed by atoms with Crippen molar-refractivity contribution in [3.05, 3.63) is 45.1 Å². The van der Waals surface area contributed by atoms with Crippen molar-refractivity contribution in [1.29, 1.82) is 0 Å². The Kier molecular flexibility index (Phi) is 5.75. The second-order valence-electron chi connectivity index (χ2n) is 8.66. The van der Waals surface area contributed by atoms with Crippen molar-refractivity contribution < 1.29 is 14.3 Å². The molecule has 150 valence electrons. The largest absolute Gasteiger partial charge is 0.462 e. The van der Waals surface area contributed by atoms with E-state index in [9.17, 15) is 9.59 Å². The van der Waals surface area contributed by atoms with E-state index < -0.39 is 17.8 Å². The molecular formula is C22H25Cl2NO3. The number of allylic oxidation sites excluding steroid dienone is 2. The predicted octanol–water partition coefficient (Wildman–Crippen LogP) is 5.76. The van der Waals surface area contributed by atoms with Gasteiger partial charge in [-0.2, -0.15) is 0 Å². The van der Waals surface area contributed by atoms with E-state index >= 15 is 0 Å². The Morgan fingerprint density at radius 3 is 2.54 bits per heavy atom. The summed E-state index contributed by atoms with van der Waals surface area (Å²) in [5.74, 6) is -1.59. The lowest BCUT2D eigenvalue weighted by atomic mass is 9.67. The highest BCUT2D eigenvalue weighted by molar-refractivity contribution is 6.35. The number of nitrogens with zero attached hydrogens (tertiary/aromatic N) is 1. The standard InChI is InChI=1S/C22H25Cl2NO3/c1-11(2)28-21(27)18-12(3)25-16-9-22(4,5)10-17(26)20(16)19(18)14-7-6-13(23)8-15(14)24/h6-8,11,18-19H,9-10H2,1-5H3/t18?,19-/m1/s1. The Balaban J connectivity index is 2.20. The van der Waals surface area contributed by atoms with Crippen molar-refractivity contribution in [2.24, 2.45) is 16.3 Å². The zero-order valence-corrected chi connectivity index (χ0v) is 18.3. The summed E-state index contributed by atoms with van der Waals surface area (Å²) in [5, 5.41) is 0.931. The van der Waals surface area contributed by atoms with E-state index in [4.69, 9.17) is 27.9 Å². The van der Waals surface area contributed by atoms with Crippen molar-refractivity contribution in [2.75, 3.05) is 0 Å². The van der Waals surface area contributed by atoms with E-state index in [0.717, 1.165) is 5.70 Å². The zero-order chi connectivity index (χ0) is 20.8. The van der Waals surface area contributed by atoms with Crippen LogP contribution in [0.3, 0.4) is 0 Å². The van der Waals surface area contributed by atoms with Crippen LogP contribution < -0.4 is 0 Å². The van der Waals surface area contributed by atoms with Crippen molar-refractivity contribution in [3.8, 4) is 0 Å². The van der Waals surface area contributed by atoms with Gasteiger partial charge in [-0.15, -0.1) is 0 Å². The van der Waals surface area contributed by atoms with Crippen molar-refractivity contribution >= 4 is 40.7 Å². The van der Waals surface area contributed by atoms with E-state index in [2.05, 4.69) is 18.8 Å². The van der Waals surface area contributed by atoms with Crippen LogP contribution in [0.4, 0.5) is 0 Å². The Morgan fingerprint density at radius 1 is 1.25 bits per heavy atom. The molecule has 1 aromatic carbocycles. The molecule has 0 saturated heterocycles. The maximum Gasteiger partial charge on any atom is 0.315 e. The third-order valence-electron chi connectivity index (χ3n) is 5.21. The molecule has 1 aliphatic carbocycles. The average molecular weight is 422 g/mol.